The van der Waals surface area contributed by atoms with Crippen molar-refractivity contribution < 1.29 is 19.8 Å². The second kappa shape index (κ2) is 7.02. The number of benzene rings is 1. The van der Waals surface area contributed by atoms with E-state index in [9.17, 15) is 19.8 Å². The van der Waals surface area contributed by atoms with E-state index >= 15 is 0 Å². The second-order valence-electron chi connectivity index (χ2n) is 5.58. The average Bonchev–Trinajstić information content (AvgIpc) is 3.03. The summed E-state index contributed by atoms with van der Waals surface area (Å²) in [7, 11) is 0. The number of aromatic hydroxyl groups is 2. The summed E-state index contributed by atoms with van der Waals surface area (Å²) >= 11 is 1.35. The van der Waals surface area contributed by atoms with Crippen LogP contribution in [0, 0.1) is 0 Å². The Morgan fingerprint density at radius 3 is 2.76 bits per heavy atom. The number of carbonyl (C=O) groups is 2. The lowest BCUT2D eigenvalue weighted by Gasteiger charge is -2.28. The van der Waals surface area contributed by atoms with Crippen molar-refractivity contribution in [2.75, 3.05) is 11.1 Å². The van der Waals surface area contributed by atoms with E-state index < -0.39 is 11.4 Å². The number of nitrogens with one attached hydrogen (secondary N) is 1. The molecule has 0 saturated carbocycles. The Hall–Kier alpha value is -2.74. The molecule has 25 heavy (non-hydrogen) atoms. The van der Waals surface area contributed by atoms with Gasteiger partial charge in [0.15, 0.2) is 0 Å². The van der Waals surface area contributed by atoms with E-state index in [0.717, 1.165) is 0 Å². The van der Waals surface area contributed by atoms with Crippen LogP contribution in [0.2, 0.25) is 0 Å². The molecule has 2 amide bonds. The molecule has 3 rings (SSSR count). The van der Waals surface area contributed by atoms with Crippen LogP contribution in [0.15, 0.2) is 42.6 Å². The Balaban J connectivity index is 1.86. The van der Waals surface area contributed by atoms with Gasteiger partial charge in [-0.25, -0.2) is 4.98 Å². The molecule has 130 valence electrons. The van der Waals surface area contributed by atoms with Gasteiger partial charge >= 0.3 is 0 Å². The maximum Gasteiger partial charge on any atom is 0.249 e. The maximum atomic E-state index is 12.6. The zero-order valence-electron chi connectivity index (χ0n) is 13.4. The van der Waals surface area contributed by atoms with Crippen LogP contribution >= 0.6 is 11.8 Å². The summed E-state index contributed by atoms with van der Waals surface area (Å²) in [6.07, 6.45) is 1.56. The van der Waals surface area contributed by atoms with Crippen molar-refractivity contribution in [1.82, 2.24) is 9.88 Å². The van der Waals surface area contributed by atoms with E-state index in [2.05, 4.69) is 10.3 Å². The van der Waals surface area contributed by atoms with Gasteiger partial charge in [0.05, 0.1) is 0 Å². The van der Waals surface area contributed by atoms with Gasteiger partial charge in [-0.1, -0.05) is 6.07 Å². The number of hydrogen-bond acceptors (Lipinski definition) is 6. The minimum Gasteiger partial charge on any atom is -0.508 e. The molecule has 1 aromatic carbocycles. The minimum absolute atomic E-state index is 0.0155. The summed E-state index contributed by atoms with van der Waals surface area (Å²) < 4.78 is 0. The van der Waals surface area contributed by atoms with E-state index in [1.807, 2.05) is 0 Å². The number of anilines is 1. The van der Waals surface area contributed by atoms with E-state index in [0.29, 0.717) is 17.1 Å². The number of thioether (sulfide) groups is 1. The Kier molecular flexibility index (Phi) is 4.80. The van der Waals surface area contributed by atoms with Crippen molar-refractivity contribution >= 4 is 29.4 Å². The average molecular weight is 359 g/mol. The van der Waals surface area contributed by atoms with Gasteiger partial charge in [0.25, 0.3) is 0 Å². The molecule has 2 aromatic rings. The summed E-state index contributed by atoms with van der Waals surface area (Å²) in [5.41, 5.74) is 0.397. The highest BCUT2D eigenvalue weighted by molar-refractivity contribution is 7.99. The number of pyridine rings is 1. The van der Waals surface area contributed by atoms with Crippen LogP contribution in [0.3, 0.4) is 0 Å². The lowest BCUT2D eigenvalue weighted by atomic mass is 10.1. The number of amides is 2. The molecule has 0 radical (unpaired) electrons. The van der Waals surface area contributed by atoms with Gasteiger partial charge in [-0.2, -0.15) is 0 Å². The first-order valence-electron chi connectivity index (χ1n) is 7.61. The van der Waals surface area contributed by atoms with Crippen molar-refractivity contribution in [2.45, 2.75) is 18.3 Å². The molecular weight excluding hydrogens is 342 g/mol. The number of phenolic OH excluding ortho intramolecular Hbond substituents is 2. The zero-order chi connectivity index (χ0) is 18.0. The minimum atomic E-state index is -0.698. The lowest BCUT2D eigenvalue weighted by molar-refractivity contribution is -0.136. The van der Waals surface area contributed by atoms with Crippen LogP contribution in [0.4, 0.5) is 5.82 Å². The molecule has 7 nitrogen and oxygen atoms in total. The number of rotatable bonds is 3. The fraction of sp³-hybridized carbons (Fsp3) is 0.235. The number of aromatic nitrogens is 1. The third-order valence-corrected chi connectivity index (χ3v) is 5.16. The fourth-order valence-electron chi connectivity index (χ4n) is 2.72. The topological polar surface area (TPSA) is 103 Å². The van der Waals surface area contributed by atoms with Crippen molar-refractivity contribution in [1.29, 1.82) is 0 Å². The monoisotopic (exact) mass is 359 g/mol. The van der Waals surface area contributed by atoms with E-state index in [4.69, 9.17) is 0 Å². The molecule has 0 bridgehead atoms. The third kappa shape index (κ3) is 3.53. The third-order valence-electron chi connectivity index (χ3n) is 3.86. The first-order chi connectivity index (χ1) is 12.0. The predicted octanol–water partition coefficient (Wildman–Crippen LogP) is 2.09. The van der Waals surface area contributed by atoms with Gasteiger partial charge < -0.3 is 20.4 Å². The molecule has 1 aliphatic rings. The molecule has 2 heterocycles. The molecule has 1 aliphatic heterocycles. The summed E-state index contributed by atoms with van der Waals surface area (Å²) in [6, 6.07) is 8.59. The van der Waals surface area contributed by atoms with Crippen LogP contribution in [0.1, 0.15) is 17.9 Å². The summed E-state index contributed by atoms with van der Waals surface area (Å²) in [4.78, 5) is 30.2. The molecule has 1 saturated heterocycles. The van der Waals surface area contributed by atoms with E-state index in [-0.39, 0.29) is 23.3 Å². The van der Waals surface area contributed by atoms with Gasteiger partial charge in [0.1, 0.15) is 28.7 Å². The molecule has 1 fully saturated rings. The smallest absolute Gasteiger partial charge is 0.249 e. The van der Waals surface area contributed by atoms with Gasteiger partial charge in [-0.3, -0.25) is 9.59 Å². The highest BCUT2D eigenvalue weighted by atomic mass is 32.2. The first kappa shape index (κ1) is 17.1. The Bertz CT molecular complexity index is 800. The SMILES string of the molecule is CC(=O)N1C(C(=O)Nc2ccccn2)CSC1c1cc(O)ccc1O. The van der Waals surface area contributed by atoms with Crippen molar-refractivity contribution in [3.8, 4) is 11.5 Å². The quantitative estimate of drug-likeness (QED) is 0.725. The summed E-state index contributed by atoms with van der Waals surface area (Å²) in [5.74, 6) is 0.0932. The molecule has 3 N–H and O–H groups in total. The van der Waals surface area contributed by atoms with Gasteiger partial charge in [0, 0.05) is 24.4 Å². The van der Waals surface area contributed by atoms with Crippen LogP contribution in [0.5, 0.6) is 11.5 Å². The van der Waals surface area contributed by atoms with E-state index in [1.54, 1.807) is 24.4 Å². The highest BCUT2D eigenvalue weighted by Gasteiger charge is 2.42. The number of nitrogens with zero attached hydrogens (tertiary/aromatic N) is 2. The molecule has 0 aliphatic carbocycles. The first-order valence-corrected chi connectivity index (χ1v) is 8.66. The Labute approximate surface area is 148 Å². The summed E-state index contributed by atoms with van der Waals surface area (Å²) in [6.45, 7) is 1.37. The van der Waals surface area contributed by atoms with Gasteiger partial charge in [-0.15, -0.1) is 11.8 Å². The standard InChI is InChI=1S/C17H17N3O4S/c1-10(21)20-13(16(24)19-15-4-2-3-7-18-15)9-25-17(20)12-8-11(22)5-6-14(12)23/h2-8,13,17,22-23H,9H2,1H3,(H,18,19,24). The molecule has 2 unspecified atom stereocenters. The second-order valence-corrected chi connectivity index (χ2v) is 6.69. The lowest BCUT2D eigenvalue weighted by Crippen LogP contribution is -2.44. The number of phenols is 2. The molecule has 8 heteroatoms. The number of carbonyl (C=O) groups excluding carboxylic acids is 2. The highest BCUT2D eigenvalue weighted by Crippen LogP contribution is 2.45. The molecule has 0 spiro atoms. The molecule has 1 aromatic heterocycles. The van der Waals surface area contributed by atoms with Crippen LogP contribution in [0.25, 0.3) is 0 Å². The van der Waals surface area contributed by atoms with Crippen molar-refractivity contribution in [3.63, 3.8) is 0 Å². The largest absolute Gasteiger partial charge is 0.508 e. The van der Waals surface area contributed by atoms with Crippen molar-refractivity contribution in [3.05, 3.63) is 48.2 Å². The van der Waals surface area contributed by atoms with Crippen LogP contribution < -0.4 is 5.32 Å². The zero-order valence-corrected chi connectivity index (χ0v) is 14.2. The molecular formula is C17H17N3O4S. The normalized spacial score (nSPS) is 19.6. The summed E-state index contributed by atoms with van der Waals surface area (Å²) in [5, 5.41) is 21.9. The maximum absolute atomic E-state index is 12.6. The Morgan fingerprint density at radius 2 is 2.08 bits per heavy atom. The molecule has 2 atom stereocenters. The predicted molar refractivity (Wildman–Crippen MR) is 94.1 cm³/mol. The fourth-order valence-corrected chi connectivity index (χ4v) is 4.22. The number of hydrogen-bond donors (Lipinski definition) is 3. The van der Waals surface area contributed by atoms with Gasteiger partial charge in [-0.05, 0) is 30.3 Å². The van der Waals surface area contributed by atoms with Crippen LogP contribution in [-0.4, -0.2) is 43.7 Å². The van der Waals surface area contributed by atoms with Gasteiger partial charge in [0.2, 0.25) is 11.8 Å². The Morgan fingerprint density at radius 1 is 1.28 bits per heavy atom. The van der Waals surface area contributed by atoms with Crippen molar-refractivity contribution in [2.24, 2.45) is 0 Å². The van der Waals surface area contributed by atoms with E-state index in [1.165, 1.54) is 41.8 Å². The van der Waals surface area contributed by atoms with Crippen LogP contribution in [-0.2, 0) is 9.59 Å².